The van der Waals surface area contributed by atoms with E-state index in [2.05, 4.69) is 0 Å². The van der Waals surface area contributed by atoms with Crippen LogP contribution in [-0.2, 0) is 0 Å². The van der Waals surface area contributed by atoms with Crippen molar-refractivity contribution < 1.29 is 34.7 Å². The molecular formula is C16H12O8. The number of benzene rings is 2. The van der Waals surface area contributed by atoms with Crippen LogP contribution in [0, 0.1) is 0 Å². The molecule has 0 radical (unpaired) electrons. The molecule has 8 nitrogen and oxygen atoms in total. The molecule has 5 N–H and O–H groups in total. The maximum atomic E-state index is 12.3. The van der Waals surface area contributed by atoms with Gasteiger partial charge >= 0.3 is 0 Å². The second kappa shape index (κ2) is 5.27. The summed E-state index contributed by atoms with van der Waals surface area (Å²) in [5.74, 6) is -3.62. The number of methoxy groups -OCH3 is 1. The van der Waals surface area contributed by atoms with Crippen LogP contribution in [0.5, 0.6) is 34.5 Å². The maximum Gasteiger partial charge on any atom is 0.208 e. The summed E-state index contributed by atoms with van der Waals surface area (Å²) in [7, 11) is 1.18. The Balaban J connectivity index is 2.40. The van der Waals surface area contributed by atoms with E-state index in [-0.39, 0.29) is 33.8 Å². The van der Waals surface area contributed by atoms with Gasteiger partial charge < -0.3 is 34.7 Å². The lowest BCUT2D eigenvalue weighted by molar-refractivity contribution is 0.336. The van der Waals surface area contributed by atoms with Crippen LogP contribution in [-0.4, -0.2) is 32.6 Å². The minimum absolute atomic E-state index is 0.00871. The van der Waals surface area contributed by atoms with Crippen LogP contribution < -0.4 is 10.2 Å². The Morgan fingerprint density at radius 1 is 0.917 bits per heavy atom. The van der Waals surface area contributed by atoms with Gasteiger partial charge in [0.25, 0.3) is 0 Å². The summed E-state index contributed by atoms with van der Waals surface area (Å²) in [5.41, 5.74) is -0.719. The standard InChI is InChI=1S/C16H12O8/c1-23-16-14(22)13(21)12(20)11-9(19)5-10(24-15(11)16)6-2-3-7(17)8(18)4-6/h2-5,17-18,20-22H,1H3. The van der Waals surface area contributed by atoms with E-state index in [9.17, 15) is 30.3 Å². The minimum atomic E-state index is -0.901. The summed E-state index contributed by atoms with van der Waals surface area (Å²) < 4.78 is 10.5. The van der Waals surface area contributed by atoms with Crippen LogP contribution in [0.25, 0.3) is 22.3 Å². The van der Waals surface area contributed by atoms with Gasteiger partial charge in [0.05, 0.1) is 7.11 Å². The SMILES string of the molecule is COc1c(O)c(O)c(O)c2c(=O)cc(-c3ccc(O)c(O)c3)oc12. The molecule has 0 aliphatic heterocycles. The summed E-state index contributed by atoms with van der Waals surface area (Å²) in [4.78, 5) is 12.3. The highest BCUT2D eigenvalue weighted by atomic mass is 16.5. The van der Waals surface area contributed by atoms with Crippen molar-refractivity contribution in [2.75, 3.05) is 7.11 Å². The quantitative estimate of drug-likeness (QED) is 0.449. The first-order valence-corrected chi connectivity index (χ1v) is 6.66. The molecule has 0 fully saturated rings. The van der Waals surface area contributed by atoms with Crippen molar-refractivity contribution in [2.24, 2.45) is 0 Å². The molecule has 0 saturated carbocycles. The highest BCUT2D eigenvalue weighted by Crippen LogP contribution is 2.48. The van der Waals surface area contributed by atoms with Crippen molar-refractivity contribution in [3.05, 3.63) is 34.5 Å². The number of ether oxygens (including phenoxy) is 1. The van der Waals surface area contributed by atoms with E-state index in [0.717, 1.165) is 6.07 Å². The highest BCUT2D eigenvalue weighted by molar-refractivity contribution is 5.94. The van der Waals surface area contributed by atoms with Gasteiger partial charge in [-0.3, -0.25) is 4.79 Å². The fourth-order valence-corrected chi connectivity index (χ4v) is 2.33. The van der Waals surface area contributed by atoms with Gasteiger partial charge in [-0.2, -0.15) is 0 Å². The van der Waals surface area contributed by atoms with Gasteiger partial charge in [0.15, 0.2) is 28.3 Å². The van der Waals surface area contributed by atoms with Crippen LogP contribution in [0.15, 0.2) is 33.5 Å². The fourth-order valence-electron chi connectivity index (χ4n) is 2.33. The average molecular weight is 332 g/mol. The normalized spacial score (nSPS) is 10.9. The first-order valence-electron chi connectivity index (χ1n) is 6.66. The van der Waals surface area contributed by atoms with Crippen LogP contribution >= 0.6 is 0 Å². The number of rotatable bonds is 2. The average Bonchev–Trinajstić information content (AvgIpc) is 2.55. The smallest absolute Gasteiger partial charge is 0.208 e. The molecule has 2 aromatic carbocycles. The summed E-state index contributed by atoms with van der Waals surface area (Å²) in [6.45, 7) is 0. The summed E-state index contributed by atoms with van der Waals surface area (Å²) in [6.07, 6.45) is 0. The molecule has 1 aromatic heterocycles. The summed E-state index contributed by atoms with van der Waals surface area (Å²) in [6, 6.07) is 4.81. The first-order chi connectivity index (χ1) is 11.3. The number of hydrogen-bond donors (Lipinski definition) is 5. The first kappa shape index (κ1) is 15.3. The van der Waals surface area contributed by atoms with Gasteiger partial charge in [0.2, 0.25) is 17.2 Å². The molecule has 124 valence electrons. The molecule has 0 saturated heterocycles. The Kier molecular flexibility index (Phi) is 3.37. The maximum absolute atomic E-state index is 12.3. The molecule has 0 aliphatic carbocycles. The van der Waals surface area contributed by atoms with Crippen molar-refractivity contribution in [3.63, 3.8) is 0 Å². The molecule has 0 atom stereocenters. The monoisotopic (exact) mass is 332 g/mol. The zero-order valence-corrected chi connectivity index (χ0v) is 12.3. The highest BCUT2D eigenvalue weighted by Gasteiger charge is 2.24. The molecule has 3 aromatic rings. The predicted octanol–water partition coefficient (Wildman–Crippen LogP) is 2.00. The Bertz CT molecular complexity index is 1020. The zero-order chi connectivity index (χ0) is 17.6. The number of aromatic hydroxyl groups is 5. The third kappa shape index (κ3) is 2.12. The topological polar surface area (TPSA) is 141 Å². The van der Waals surface area contributed by atoms with E-state index in [0.29, 0.717) is 0 Å². The van der Waals surface area contributed by atoms with Crippen molar-refractivity contribution >= 4 is 11.0 Å². The molecule has 1 heterocycles. The Labute approximate surface area is 134 Å². The molecule has 0 unspecified atom stereocenters. The van der Waals surface area contributed by atoms with Crippen LogP contribution in [0.2, 0.25) is 0 Å². The van der Waals surface area contributed by atoms with E-state index >= 15 is 0 Å². The molecule has 3 rings (SSSR count). The van der Waals surface area contributed by atoms with Gasteiger partial charge in [-0.1, -0.05) is 0 Å². The number of hydrogen-bond acceptors (Lipinski definition) is 8. The lowest BCUT2D eigenvalue weighted by atomic mass is 10.1. The van der Waals surface area contributed by atoms with Crippen molar-refractivity contribution in [1.82, 2.24) is 0 Å². The largest absolute Gasteiger partial charge is 0.504 e. The third-order valence-corrected chi connectivity index (χ3v) is 3.52. The number of phenols is 5. The van der Waals surface area contributed by atoms with E-state index in [1.54, 1.807) is 0 Å². The lowest BCUT2D eigenvalue weighted by Gasteiger charge is -2.11. The number of fused-ring (bicyclic) bond motifs is 1. The lowest BCUT2D eigenvalue weighted by Crippen LogP contribution is -2.02. The van der Waals surface area contributed by atoms with Gasteiger partial charge in [-0.15, -0.1) is 0 Å². The Morgan fingerprint density at radius 2 is 1.62 bits per heavy atom. The van der Waals surface area contributed by atoms with Crippen LogP contribution in [0.4, 0.5) is 0 Å². The van der Waals surface area contributed by atoms with E-state index in [4.69, 9.17) is 9.15 Å². The van der Waals surface area contributed by atoms with E-state index in [1.165, 1.54) is 25.3 Å². The number of phenolic OH excluding ortho intramolecular Hbond substituents is 5. The van der Waals surface area contributed by atoms with Crippen molar-refractivity contribution in [1.29, 1.82) is 0 Å². The molecule has 8 heteroatoms. The second-order valence-electron chi connectivity index (χ2n) is 4.96. The molecular weight excluding hydrogens is 320 g/mol. The Hall–Kier alpha value is -3.55. The van der Waals surface area contributed by atoms with Crippen molar-refractivity contribution in [2.45, 2.75) is 0 Å². The van der Waals surface area contributed by atoms with Crippen molar-refractivity contribution in [3.8, 4) is 45.8 Å². The predicted molar refractivity (Wildman–Crippen MR) is 82.8 cm³/mol. The second-order valence-corrected chi connectivity index (χ2v) is 4.96. The fraction of sp³-hybridized carbons (Fsp3) is 0.0625. The van der Waals surface area contributed by atoms with Gasteiger partial charge in [-0.25, -0.2) is 0 Å². The molecule has 0 spiro atoms. The third-order valence-electron chi connectivity index (χ3n) is 3.52. The van der Waals surface area contributed by atoms with Crippen LogP contribution in [0.3, 0.4) is 0 Å². The molecule has 0 bridgehead atoms. The van der Waals surface area contributed by atoms with Gasteiger partial charge in [0.1, 0.15) is 11.1 Å². The summed E-state index contributed by atoms with van der Waals surface area (Å²) >= 11 is 0. The van der Waals surface area contributed by atoms with E-state index < -0.39 is 28.4 Å². The Morgan fingerprint density at radius 3 is 2.25 bits per heavy atom. The van der Waals surface area contributed by atoms with Gasteiger partial charge in [-0.05, 0) is 18.2 Å². The summed E-state index contributed by atoms with van der Waals surface area (Å²) in [5, 5.41) is 47.9. The zero-order valence-electron chi connectivity index (χ0n) is 12.3. The molecule has 0 aliphatic rings. The van der Waals surface area contributed by atoms with Gasteiger partial charge in [0, 0.05) is 11.6 Å². The molecule has 0 amide bonds. The minimum Gasteiger partial charge on any atom is -0.504 e. The van der Waals surface area contributed by atoms with Crippen LogP contribution in [0.1, 0.15) is 0 Å². The van der Waals surface area contributed by atoms with E-state index in [1.807, 2.05) is 0 Å². The molecule has 24 heavy (non-hydrogen) atoms.